The van der Waals surface area contributed by atoms with Crippen LogP contribution in [0.1, 0.15) is 0 Å². The number of carbonyl (C=O) groups is 1. The van der Waals surface area contributed by atoms with Crippen LogP contribution in [-0.2, 0) is 4.79 Å². The van der Waals surface area contributed by atoms with Crippen LogP contribution in [0.15, 0.2) is 52.3 Å². The number of carbonyl (C=O) groups excluding carboxylic acids is 1. The van der Waals surface area contributed by atoms with Gasteiger partial charge < -0.3 is 5.32 Å². The Kier molecular flexibility index (Phi) is 7.93. The van der Waals surface area contributed by atoms with E-state index in [-0.39, 0.29) is 5.91 Å². The molecule has 2 nitrogen and oxygen atoms in total. The zero-order chi connectivity index (χ0) is 16.7. The molecule has 1 amide bonds. The predicted octanol–water partition coefficient (Wildman–Crippen LogP) is 5.65. The van der Waals surface area contributed by atoms with Crippen molar-refractivity contribution in [3.05, 3.63) is 57.5 Å². The molecule has 0 fully saturated rings. The smallest absolute Gasteiger partial charge is 0.230 e. The maximum atomic E-state index is 11.8. The number of nitrogens with one attached hydrogen (secondary N) is 1. The van der Waals surface area contributed by atoms with Gasteiger partial charge in [0.15, 0.2) is 0 Å². The van der Waals surface area contributed by atoms with Crippen LogP contribution in [0.4, 0.5) is 0 Å². The Morgan fingerprint density at radius 3 is 2.39 bits per heavy atom. The Morgan fingerprint density at radius 1 is 0.957 bits per heavy atom. The normalized spacial score (nSPS) is 10.6. The van der Waals surface area contributed by atoms with E-state index in [4.69, 9.17) is 34.8 Å². The van der Waals surface area contributed by atoms with Crippen LogP contribution in [0.3, 0.4) is 0 Å². The number of rotatable bonds is 7. The molecule has 0 aliphatic heterocycles. The zero-order valence-electron chi connectivity index (χ0n) is 12.0. The second kappa shape index (κ2) is 9.70. The Labute approximate surface area is 159 Å². The lowest BCUT2D eigenvalue weighted by molar-refractivity contribution is -0.118. The number of halogens is 3. The van der Waals surface area contributed by atoms with E-state index in [0.29, 0.717) is 22.3 Å². The van der Waals surface area contributed by atoms with Crippen LogP contribution < -0.4 is 5.32 Å². The third kappa shape index (κ3) is 6.86. The van der Waals surface area contributed by atoms with Crippen molar-refractivity contribution in [3.8, 4) is 0 Å². The first-order valence-electron chi connectivity index (χ1n) is 6.77. The van der Waals surface area contributed by atoms with E-state index >= 15 is 0 Å². The highest BCUT2D eigenvalue weighted by molar-refractivity contribution is 8.00. The van der Waals surface area contributed by atoms with Crippen molar-refractivity contribution in [2.75, 3.05) is 18.1 Å². The number of amides is 1. The first-order valence-corrected chi connectivity index (χ1v) is 9.88. The first-order chi connectivity index (χ1) is 11.0. The molecule has 2 aromatic carbocycles. The van der Waals surface area contributed by atoms with Crippen LogP contribution in [-0.4, -0.2) is 24.0 Å². The van der Waals surface area contributed by atoms with E-state index in [2.05, 4.69) is 5.32 Å². The molecular weight excluding hydrogens is 393 g/mol. The molecule has 0 radical (unpaired) electrons. The Morgan fingerprint density at radius 2 is 1.65 bits per heavy atom. The highest BCUT2D eigenvalue weighted by Gasteiger charge is 2.06. The molecule has 23 heavy (non-hydrogen) atoms. The second-order valence-corrected chi connectivity index (χ2v) is 7.98. The lowest BCUT2D eigenvalue weighted by Gasteiger charge is -2.07. The Bertz CT molecular complexity index is 665. The maximum Gasteiger partial charge on any atom is 0.230 e. The molecule has 2 rings (SSSR count). The van der Waals surface area contributed by atoms with Gasteiger partial charge >= 0.3 is 0 Å². The van der Waals surface area contributed by atoms with Gasteiger partial charge in [0.2, 0.25) is 5.91 Å². The van der Waals surface area contributed by atoms with Crippen molar-refractivity contribution in [2.45, 2.75) is 9.79 Å². The summed E-state index contributed by atoms with van der Waals surface area (Å²) >= 11 is 20.9. The summed E-state index contributed by atoms with van der Waals surface area (Å²) in [5.74, 6) is 1.09. The summed E-state index contributed by atoms with van der Waals surface area (Å²) in [4.78, 5) is 13.8. The maximum absolute atomic E-state index is 11.8. The van der Waals surface area contributed by atoms with Gasteiger partial charge in [-0.2, -0.15) is 0 Å². The highest BCUT2D eigenvalue weighted by Crippen LogP contribution is 2.29. The summed E-state index contributed by atoms with van der Waals surface area (Å²) < 4.78 is 0. The quantitative estimate of drug-likeness (QED) is 0.476. The van der Waals surface area contributed by atoms with E-state index in [9.17, 15) is 4.79 Å². The Hall–Kier alpha value is -0.520. The molecule has 0 aromatic heterocycles. The van der Waals surface area contributed by atoms with E-state index in [1.165, 1.54) is 11.8 Å². The Balaban J connectivity index is 1.67. The number of benzene rings is 2. The molecule has 0 atom stereocenters. The molecule has 0 bridgehead atoms. The van der Waals surface area contributed by atoms with Gasteiger partial charge in [-0.3, -0.25) is 4.79 Å². The summed E-state index contributed by atoms with van der Waals surface area (Å²) in [5, 5.41) is 4.82. The van der Waals surface area contributed by atoms with Gasteiger partial charge in [0.25, 0.3) is 0 Å². The molecule has 7 heteroatoms. The van der Waals surface area contributed by atoms with Crippen LogP contribution >= 0.6 is 58.3 Å². The van der Waals surface area contributed by atoms with Gasteiger partial charge in [-0.15, -0.1) is 23.5 Å². The van der Waals surface area contributed by atoms with Crippen LogP contribution in [0.5, 0.6) is 0 Å². The minimum Gasteiger partial charge on any atom is -0.355 e. The largest absolute Gasteiger partial charge is 0.355 e. The summed E-state index contributed by atoms with van der Waals surface area (Å²) in [6.07, 6.45) is 0. The van der Waals surface area contributed by atoms with E-state index in [1.54, 1.807) is 30.0 Å². The van der Waals surface area contributed by atoms with E-state index in [1.807, 2.05) is 24.3 Å². The molecule has 2 aromatic rings. The summed E-state index contributed by atoms with van der Waals surface area (Å²) in [7, 11) is 0. The predicted molar refractivity (Wildman–Crippen MR) is 102 cm³/mol. The van der Waals surface area contributed by atoms with Crippen molar-refractivity contribution in [1.82, 2.24) is 5.32 Å². The molecule has 0 saturated heterocycles. The van der Waals surface area contributed by atoms with Crippen molar-refractivity contribution >= 4 is 64.2 Å². The second-order valence-electron chi connectivity index (χ2n) is 4.52. The van der Waals surface area contributed by atoms with Gasteiger partial charge in [-0.25, -0.2) is 0 Å². The van der Waals surface area contributed by atoms with Crippen molar-refractivity contribution in [2.24, 2.45) is 0 Å². The molecule has 1 N–H and O–H groups in total. The molecule has 0 aliphatic carbocycles. The van der Waals surface area contributed by atoms with Gasteiger partial charge in [-0.1, -0.05) is 34.8 Å². The molecule has 122 valence electrons. The van der Waals surface area contributed by atoms with Gasteiger partial charge in [0.1, 0.15) is 0 Å². The summed E-state index contributed by atoms with van der Waals surface area (Å²) in [5.41, 5.74) is 0. The topological polar surface area (TPSA) is 29.1 Å². The standard InChI is InChI=1S/C16H14Cl3NOS2/c17-11-1-4-13(5-2-11)22-8-7-20-16(21)10-23-15-9-12(18)3-6-14(15)19/h1-6,9H,7-8,10H2,(H,20,21). The fourth-order valence-corrected chi connectivity index (χ4v) is 3.89. The van der Waals surface area contributed by atoms with Crippen molar-refractivity contribution in [1.29, 1.82) is 0 Å². The van der Waals surface area contributed by atoms with E-state index in [0.717, 1.165) is 20.6 Å². The van der Waals surface area contributed by atoms with Gasteiger partial charge in [0.05, 0.1) is 10.8 Å². The molecule has 0 aliphatic rings. The van der Waals surface area contributed by atoms with Crippen LogP contribution in [0.2, 0.25) is 15.1 Å². The minimum absolute atomic E-state index is 0.0252. The van der Waals surface area contributed by atoms with Crippen molar-refractivity contribution in [3.63, 3.8) is 0 Å². The third-order valence-corrected chi connectivity index (χ3v) is 5.76. The first kappa shape index (κ1) is 18.8. The molecule has 0 saturated carbocycles. The lowest BCUT2D eigenvalue weighted by Crippen LogP contribution is -2.27. The van der Waals surface area contributed by atoms with E-state index < -0.39 is 0 Å². The number of hydrogen-bond donors (Lipinski definition) is 1. The van der Waals surface area contributed by atoms with Crippen LogP contribution in [0.25, 0.3) is 0 Å². The average Bonchev–Trinajstić information content (AvgIpc) is 2.54. The van der Waals surface area contributed by atoms with Crippen molar-refractivity contribution < 1.29 is 4.79 Å². The molecule has 0 heterocycles. The van der Waals surface area contributed by atoms with Crippen LogP contribution in [0, 0.1) is 0 Å². The zero-order valence-corrected chi connectivity index (χ0v) is 15.9. The van der Waals surface area contributed by atoms with Gasteiger partial charge in [0, 0.05) is 32.1 Å². The van der Waals surface area contributed by atoms with Gasteiger partial charge in [-0.05, 0) is 42.5 Å². The SMILES string of the molecule is O=C(CSc1cc(Cl)ccc1Cl)NCCSc1ccc(Cl)cc1. The highest BCUT2D eigenvalue weighted by atomic mass is 35.5. The summed E-state index contributed by atoms with van der Waals surface area (Å²) in [6.45, 7) is 0.607. The third-order valence-electron chi connectivity index (χ3n) is 2.76. The minimum atomic E-state index is -0.0252. The molecular formula is C16H14Cl3NOS2. The fraction of sp³-hybridized carbons (Fsp3) is 0.188. The lowest BCUT2D eigenvalue weighted by atomic mass is 10.4. The molecule has 0 spiro atoms. The summed E-state index contributed by atoms with van der Waals surface area (Å²) in [6, 6.07) is 12.9. The fourth-order valence-electron chi connectivity index (χ4n) is 1.67. The number of hydrogen-bond acceptors (Lipinski definition) is 3. The average molecular weight is 407 g/mol. The number of thioether (sulfide) groups is 2. The molecule has 0 unspecified atom stereocenters. The monoisotopic (exact) mass is 405 g/mol.